The second-order valence-electron chi connectivity index (χ2n) is 6.31. The van der Waals surface area contributed by atoms with Gasteiger partial charge in [-0.3, -0.25) is 4.99 Å². The number of aliphatic imine (C=N–C) groups is 1. The van der Waals surface area contributed by atoms with Crippen LogP contribution in [0.4, 0.5) is 0 Å². The Hall–Kier alpha value is -0.420. The molecule has 1 aliphatic heterocycles. The zero-order chi connectivity index (χ0) is 16.0. The highest BCUT2D eigenvalue weighted by Crippen LogP contribution is 2.11. The van der Waals surface area contributed by atoms with Crippen LogP contribution in [0.3, 0.4) is 0 Å². The van der Waals surface area contributed by atoms with Gasteiger partial charge in [0.15, 0.2) is 5.96 Å². The fourth-order valence-corrected chi connectivity index (χ4v) is 3.30. The Morgan fingerprint density at radius 1 is 1.18 bits per heavy atom. The summed E-state index contributed by atoms with van der Waals surface area (Å²) in [5.74, 6) is 2.87. The van der Waals surface area contributed by atoms with Gasteiger partial charge < -0.3 is 15.5 Å². The van der Waals surface area contributed by atoms with E-state index >= 15 is 0 Å². The Bertz CT molecular complexity index is 290. The lowest BCUT2D eigenvalue weighted by Crippen LogP contribution is -2.39. The lowest BCUT2D eigenvalue weighted by Gasteiger charge is -2.28. The third-order valence-electron chi connectivity index (χ3n) is 3.99. The first-order valence-electron chi connectivity index (χ1n) is 8.99. The van der Waals surface area contributed by atoms with Crippen LogP contribution < -0.4 is 10.6 Å². The molecule has 0 bridgehead atoms. The van der Waals surface area contributed by atoms with Crippen molar-refractivity contribution >= 4 is 17.7 Å². The summed E-state index contributed by atoms with van der Waals surface area (Å²) in [7, 11) is 0. The number of hydrogen-bond acceptors (Lipinski definition) is 3. The smallest absolute Gasteiger partial charge is 0.191 e. The van der Waals surface area contributed by atoms with Gasteiger partial charge in [0.05, 0.1) is 0 Å². The molecule has 4 nitrogen and oxygen atoms in total. The summed E-state index contributed by atoms with van der Waals surface area (Å²) < 4.78 is 0. The van der Waals surface area contributed by atoms with Crippen LogP contribution in [0.5, 0.6) is 0 Å². The maximum atomic E-state index is 4.76. The van der Waals surface area contributed by atoms with Crippen molar-refractivity contribution < 1.29 is 0 Å². The summed E-state index contributed by atoms with van der Waals surface area (Å²) in [4.78, 5) is 7.36. The standard InChI is InChI=1S/C17H36N4S/c1-4-18-17(19-10-6-9-13-22-3)20-14-16(2)15-21-11-7-5-8-12-21/h16H,4-15H2,1-3H3,(H2,18,19,20). The predicted octanol–water partition coefficient (Wildman–Crippen LogP) is 2.81. The topological polar surface area (TPSA) is 39.7 Å². The average molecular weight is 329 g/mol. The Labute approximate surface area is 141 Å². The normalized spacial score (nSPS) is 18.2. The molecule has 1 aliphatic rings. The van der Waals surface area contributed by atoms with E-state index in [1.165, 1.54) is 57.5 Å². The fraction of sp³-hybridized carbons (Fsp3) is 0.941. The molecule has 5 heteroatoms. The number of guanidine groups is 1. The molecule has 0 amide bonds. The number of nitrogens with zero attached hydrogens (tertiary/aromatic N) is 2. The summed E-state index contributed by atoms with van der Waals surface area (Å²) in [5, 5.41) is 6.81. The van der Waals surface area contributed by atoms with Crippen molar-refractivity contribution in [2.45, 2.75) is 46.0 Å². The van der Waals surface area contributed by atoms with Crippen LogP contribution in [-0.2, 0) is 0 Å². The molecule has 22 heavy (non-hydrogen) atoms. The zero-order valence-electron chi connectivity index (χ0n) is 14.9. The number of unbranched alkanes of at least 4 members (excludes halogenated alkanes) is 1. The number of thioether (sulfide) groups is 1. The first kappa shape index (κ1) is 19.6. The van der Waals surface area contributed by atoms with Gasteiger partial charge in [-0.1, -0.05) is 13.3 Å². The van der Waals surface area contributed by atoms with E-state index in [-0.39, 0.29) is 0 Å². The molecule has 0 aromatic heterocycles. The lowest BCUT2D eigenvalue weighted by atomic mass is 10.1. The monoisotopic (exact) mass is 328 g/mol. The number of rotatable bonds is 10. The van der Waals surface area contributed by atoms with E-state index in [2.05, 4.69) is 35.6 Å². The molecule has 1 heterocycles. The minimum absolute atomic E-state index is 0.630. The lowest BCUT2D eigenvalue weighted by molar-refractivity contribution is 0.203. The molecule has 1 fully saturated rings. The van der Waals surface area contributed by atoms with Crippen LogP contribution in [0.2, 0.25) is 0 Å². The Morgan fingerprint density at radius 3 is 2.64 bits per heavy atom. The minimum atomic E-state index is 0.630. The van der Waals surface area contributed by atoms with Gasteiger partial charge in [0.2, 0.25) is 0 Å². The van der Waals surface area contributed by atoms with E-state index in [1.807, 2.05) is 11.8 Å². The molecule has 1 atom stereocenters. The number of nitrogens with one attached hydrogen (secondary N) is 2. The van der Waals surface area contributed by atoms with Crippen LogP contribution in [0.25, 0.3) is 0 Å². The Morgan fingerprint density at radius 2 is 1.95 bits per heavy atom. The Kier molecular flexibility index (Phi) is 11.6. The summed E-state index contributed by atoms with van der Waals surface area (Å²) in [6.07, 6.45) is 8.82. The molecule has 0 aromatic carbocycles. The van der Waals surface area contributed by atoms with E-state index in [0.29, 0.717) is 5.92 Å². The summed E-state index contributed by atoms with van der Waals surface area (Å²) in [6, 6.07) is 0. The van der Waals surface area contributed by atoms with Crippen LogP contribution in [0.1, 0.15) is 46.0 Å². The first-order chi connectivity index (χ1) is 10.8. The number of likely N-dealkylation sites (tertiary alicyclic amines) is 1. The summed E-state index contributed by atoms with van der Waals surface area (Å²) in [5.41, 5.74) is 0. The maximum absolute atomic E-state index is 4.76. The first-order valence-corrected chi connectivity index (χ1v) is 10.4. The van der Waals surface area contributed by atoms with Crippen molar-refractivity contribution in [3.63, 3.8) is 0 Å². The van der Waals surface area contributed by atoms with E-state index < -0.39 is 0 Å². The van der Waals surface area contributed by atoms with Gasteiger partial charge in [-0.05, 0) is 63.6 Å². The highest BCUT2D eigenvalue weighted by molar-refractivity contribution is 7.98. The van der Waals surface area contributed by atoms with Crippen molar-refractivity contribution in [2.24, 2.45) is 10.9 Å². The van der Waals surface area contributed by atoms with Crippen LogP contribution in [0.15, 0.2) is 4.99 Å². The number of piperidine rings is 1. The van der Waals surface area contributed by atoms with Crippen molar-refractivity contribution in [3.8, 4) is 0 Å². The zero-order valence-corrected chi connectivity index (χ0v) is 15.7. The third kappa shape index (κ3) is 9.57. The molecule has 0 radical (unpaired) electrons. The van der Waals surface area contributed by atoms with Gasteiger partial charge >= 0.3 is 0 Å². The van der Waals surface area contributed by atoms with E-state index in [9.17, 15) is 0 Å². The second kappa shape index (κ2) is 13.1. The average Bonchev–Trinajstić information content (AvgIpc) is 2.53. The molecule has 0 saturated carbocycles. The second-order valence-corrected chi connectivity index (χ2v) is 7.30. The van der Waals surface area contributed by atoms with E-state index in [1.54, 1.807) is 0 Å². The van der Waals surface area contributed by atoms with Gasteiger partial charge in [-0.15, -0.1) is 0 Å². The van der Waals surface area contributed by atoms with Crippen molar-refractivity contribution in [1.29, 1.82) is 0 Å². The SMILES string of the molecule is CCNC(=NCC(C)CN1CCCCC1)NCCCCSC. The molecule has 0 aliphatic carbocycles. The van der Waals surface area contributed by atoms with Gasteiger partial charge in [-0.2, -0.15) is 11.8 Å². The van der Waals surface area contributed by atoms with Crippen molar-refractivity contribution in [3.05, 3.63) is 0 Å². The van der Waals surface area contributed by atoms with Gasteiger partial charge in [0, 0.05) is 26.2 Å². The molecular formula is C17H36N4S. The van der Waals surface area contributed by atoms with Crippen LogP contribution >= 0.6 is 11.8 Å². The highest BCUT2D eigenvalue weighted by atomic mass is 32.2. The fourth-order valence-electron chi connectivity index (χ4n) is 2.81. The highest BCUT2D eigenvalue weighted by Gasteiger charge is 2.13. The van der Waals surface area contributed by atoms with Gasteiger partial charge in [0.25, 0.3) is 0 Å². The van der Waals surface area contributed by atoms with Gasteiger partial charge in [0.1, 0.15) is 0 Å². The van der Waals surface area contributed by atoms with Crippen molar-refractivity contribution in [2.75, 3.05) is 51.3 Å². The number of hydrogen-bond donors (Lipinski definition) is 2. The molecule has 1 saturated heterocycles. The predicted molar refractivity (Wildman–Crippen MR) is 101 cm³/mol. The molecule has 1 unspecified atom stereocenters. The third-order valence-corrected chi connectivity index (χ3v) is 4.69. The van der Waals surface area contributed by atoms with Crippen molar-refractivity contribution in [1.82, 2.24) is 15.5 Å². The molecule has 130 valence electrons. The van der Waals surface area contributed by atoms with Crippen LogP contribution in [0, 0.1) is 5.92 Å². The molecule has 1 rings (SSSR count). The van der Waals surface area contributed by atoms with Crippen LogP contribution in [-0.4, -0.2) is 62.1 Å². The van der Waals surface area contributed by atoms with E-state index in [0.717, 1.165) is 25.6 Å². The molecular weight excluding hydrogens is 292 g/mol. The molecule has 2 N–H and O–H groups in total. The largest absolute Gasteiger partial charge is 0.357 e. The van der Waals surface area contributed by atoms with E-state index in [4.69, 9.17) is 4.99 Å². The maximum Gasteiger partial charge on any atom is 0.191 e. The van der Waals surface area contributed by atoms with Gasteiger partial charge in [-0.25, -0.2) is 0 Å². The minimum Gasteiger partial charge on any atom is -0.357 e. The Balaban J connectivity index is 2.23. The quantitative estimate of drug-likeness (QED) is 0.367. The summed E-state index contributed by atoms with van der Waals surface area (Å²) >= 11 is 1.92. The summed E-state index contributed by atoms with van der Waals surface area (Å²) in [6.45, 7) is 11.1. The molecule has 0 spiro atoms. The molecule has 0 aromatic rings.